The molecule has 1 aromatic heterocycles. The van der Waals surface area contributed by atoms with Gasteiger partial charge in [-0.05, 0) is 51.5 Å². The summed E-state index contributed by atoms with van der Waals surface area (Å²) in [6, 6.07) is 2.00. The summed E-state index contributed by atoms with van der Waals surface area (Å²) >= 11 is 0. The lowest BCUT2D eigenvalue weighted by Gasteiger charge is -2.32. The number of amides is 1. The normalized spacial score (nSPS) is 22.3. The highest BCUT2D eigenvalue weighted by Gasteiger charge is 2.25. The van der Waals surface area contributed by atoms with E-state index in [4.69, 9.17) is 4.74 Å². The highest BCUT2D eigenvalue weighted by atomic mass is 16.5. The maximum Gasteiger partial charge on any atom is 0.249 e. The number of anilines is 1. The maximum absolute atomic E-state index is 12.0. The van der Waals surface area contributed by atoms with E-state index in [1.165, 1.54) is 0 Å². The molecule has 126 valence electrons. The molecule has 2 aliphatic heterocycles. The Hall–Kier alpha value is -1.69. The maximum atomic E-state index is 12.0. The van der Waals surface area contributed by atoms with Crippen LogP contribution in [0.5, 0.6) is 0 Å². The number of carbonyl (C=O) groups is 1. The van der Waals surface area contributed by atoms with Crippen LogP contribution in [0.2, 0.25) is 0 Å². The van der Waals surface area contributed by atoms with Gasteiger partial charge in [-0.2, -0.15) is 0 Å². The van der Waals surface area contributed by atoms with E-state index >= 15 is 0 Å². The summed E-state index contributed by atoms with van der Waals surface area (Å²) in [5.41, 5.74) is 2.02. The molecule has 0 radical (unpaired) electrons. The van der Waals surface area contributed by atoms with Gasteiger partial charge in [0.15, 0.2) is 0 Å². The summed E-state index contributed by atoms with van der Waals surface area (Å²) in [5.74, 6) is 1.43. The summed E-state index contributed by atoms with van der Waals surface area (Å²) in [5, 5.41) is 3.05. The van der Waals surface area contributed by atoms with Gasteiger partial charge in [0.25, 0.3) is 0 Å². The van der Waals surface area contributed by atoms with E-state index in [1.54, 1.807) is 0 Å². The molecule has 1 atom stereocenters. The first-order valence-corrected chi connectivity index (χ1v) is 8.58. The van der Waals surface area contributed by atoms with Gasteiger partial charge in [-0.15, -0.1) is 0 Å². The van der Waals surface area contributed by atoms with Gasteiger partial charge in [-0.25, -0.2) is 9.97 Å². The number of ether oxygens (including phenoxy) is 1. The van der Waals surface area contributed by atoms with Crippen LogP contribution in [0.15, 0.2) is 6.07 Å². The minimum Gasteiger partial charge on any atom is -0.368 e. The van der Waals surface area contributed by atoms with Crippen molar-refractivity contribution < 1.29 is 9.53 Å². The average molecular weight is 318 g/mol. The average Bonchev–Trinajstić information content (AvgIpc) is 3.07. The number of piperidine rings is 1. The zero-order chi connectivity index (χ0) is 16.2. The van der Waals surface area contributed by atoms with Crippen LogP contribution in [0.25, 0.3) is 0 Å². The van der Waals surface area contributed by atoms with Crippen molar-refractivity contribution in [3.63, 3.8) is 0 Å². The molecule has 0 spiro atoms. The predicted octanol–water partition coefficient (Wildman–Crippen LogP) is 1.61. The number of rotatable bonds is 4. The number of aromatic nitrogens is 2. The molecule has 0 aromatic carbocycles. The highest BCUT2D eigenvalue weighted by Crippen LogP contribution is 2.21. The number of nitrogens with one attached hydrogen (secondary N) is 1. The zero-order valence-corrected chi connectivity index (χ0v) is 14.0. The van der Waals surface area contributed by atoms with Crippen molar-refractivity contribution in [3.8, 4) is 0 Å². The third-order valence-electron chi connectivity index (χ3n) is 4.65. The Morgan fingerprint density at radius 1 is 1.26 bits per heavy atom. The lowest BCUT2D eigenvalue weighted by Crippen LogP contribution is -2.41. The van der Waals surface area contributed by atoms with Crippen LogP contribution in [-0.2, 0) is 9.53 Å². The highest BCUT2D eigenvalue weighted by molar-refractivity contribution is 5.80. The van der Waals surface area contributed by atoms with Crippen LogP contribution < -0.4 is 10.2 Å². The molecule has 23 heavy (non-hydrogen) atoms. The van der Waals surface area contributed by atoms with Crippen LogP contribution in [0, 0.1) is 19.8 Å². The Kier molecular flexibility index (Phi) is 5.10. The lowest BCUT2D eigenvalue weighted by atomic mass is 9.97. The second-order valence-corrected chi connectivity index (χ2v) is 6.63. The minimum absolute atomic E-state index is 0.0579. The molecule has 2 saturated heterocycles. The summed E-state index contributed by atoms with van der Waals surface area (Å²) in [6.07, 6.45) is 3.74. The first-order valence-electron chi connectivity index (χ1n) is 8.58. The standard InChI is InChI=1S/C17H26N4O2/c1-12-10-13(2)20-17(19-12)21-7-5-14(6-8-21)11-18-16(22)15-4-3-9-23-15/h10,14-15H,3-9,11H2,1-2H3,(H,18,22). The molecular formula is C17H26N4O2. The van der Waals surface area contributed by atoms with Crippen LogP contribution in [0.3, 0.4) is 0 Å². The first kappa shape index (κ1) is 16.2. The SMILES string of the molecule is Cc1cc(C)nc(N2CCC(CNC(=O)C3CCCO3)CC2)n1. The third-order valence-corrected chi connectivity index (χ3v) is 4.65. The van der Waals surface area contributed by atoms with E-state index in [0.717, 1.165) is 62.7 Å². The minimum atomic E-state index is -0.223. The molecule has 0 bridgehead atoms. The molecule has 2 fully saturated rings. The second kappa shape index (κ2) is 7.25. The van der Waals surface area contributed by atoms with Crippen molar-refractivity contribution in [2.24, 2.45) is 5.92 Å². The molecule has 0 aliphatic carbocycles. The van der Waals surface area contributed by atoms with E-state index in [1.807, 2.05) is 19.9 Å². The second-order valence-electron chi connectivity index (χ2n) is 6.63. The fourth-order valence-electron chi connectivity index (χ4n) is 3.33. The topological polar surface area (TPSA) is 67.4 Å². The molecule has 3 heterocycles. The van der Waals surface area contributed by atoms with Gasteiger partial charge in [-0.1, -0.05) is 0 Å². The van der Waals surface area contributed by atoms with Gasteiger partial charge in [0.05, 0.1) is 0 Å². The largest absolute Gasteiger partial charge is 0.368 e. The molecular weight excluding hydrogens is 292 g/mol. The van der Waals surface area contributed by atoms with Crippen molar-refractivity contribution in [3.05, 3.63) is 17.5 Å². The van der Waals surface area contributed by atoms with Crippen molar-refractivity contribution >= 4 is 11.9 Å². The fourth-order valence-corrected chi connectivity index (χ4v) is 3.33. The molecule has 6 nitrogen and oxygen atoms in total. The first-order chi connectivity index (χ1) is 11.1. The van der Waals surface area contributed by atoms with Crippen LogP contribution >= 0.6 is 0 Å². The van der Waals surface area contributed by atoms with Gasteiger partial charge in [0, 0.05) is 37.6 Å². The van der Waals surface area contributed by atoms with Crippen molar-refractivity contribution in [2.45, 2.75) is 45.6 Å². The summed E-state index contributed by atoms with van der Waals surface area (Å²) in [6.45, 7) is 7.37. The Morgan fingerprint density at radius 3 is 2.57 bits per heavy atom. The molecule has 1 unspecified atom stereocenters. The van der Waals surface area contributed by atoms with Crippen LogP contribution in [-0.4, -0.2) is 48.2 Å². The predicted molar refractivity (Wildman–Crippen MR) is 88.4 cm³/mol. The van der Waals surface area contributed by atoms with Gasteiger partial charge in [0.1, 0.15) is 6.10 Å². The Balaban J connectivity index is 1.45. The molecule has 0 saturated carbocycles. The van der Waals surface area contributed by atoms with E-state index in [0.29, 0.717) is 12.5 Å². The third kappa shape index (κ3) is 4.19. The number of nitrogens with zero attached hydrogens (tertiary/aromatic N) is 3. The number of hydrogen-bond acceptors (Lipinski definition) is 5. The fraction of sp³-hybridized carbons (Fsp3) is 0.706. The molecule has 3 rings (SSSR count). The molecule has 2 aliphatic rings. The number of carbonyl (C=O) groups excluding carboxylic acids is 1. The monoisotopic (exact) mass is 318 g/mol. The number of aryl methyl sites for hydroxylation is 2. The van der Waals surface area contributed by atoms with Crippen molar-refractivity contribution in [1.29, 1.82) is 0 Å². The van der Waals surface area contributed by atoms with Gasteiger partial charge >= 0.3 is 0 Å². The van der Waals surface area contributed by atoms with Gasteiger partial charge < -0.3 is 15.0 Å². The van der Waals surface area contributed by atoms with Crippen molar-refractivity contribution in [2.75, 3.05) is 31.1 Å². The molecule has 1 aromatic rings. The van der Waals surface area contributed by atoms with Crippen LogP contribution in [0.4, 0.5) is 5.95 Å². The molecule has 1 N–H and O–H groups in total. The Bertz CT molecular complexity index is 529. The van der Waals surface area contributed by atoms with Crippen molar-refractivity contribution in [1.82, 2.24) is 15.3 Å². The van der Waals surface area contributed by atoms with E-state index in [2.05, 4.69) is 20.2 Å². The van der Waals surface area contributed by atoms with Gasteiger partial charge in [0.2, 0.25) is 11.9 Å². The van der Waals surface area contributed by atoms with Gasteiger partial charge in [-0.3, -0.25) is 4.79 Å². The van der Waals surface area contributed by atoms with E-state index in [9.17, 15) is 4.79 Å². The molecule has 6 heteroatoms. The zero-order valence-electron chi connectivity index (χ0n) is 14.0. The summed E-state index contributed by atoms with van der Waals surface area (Å²) in [7, 11) is 0. The Labute approximate surface area is 137 Å². The van der Waals surface area contributed by atoms with E-state index in [-0.39, 0.29) is 12.0 Å². The smallest absolute Gasteiger partial charge is 0.249 e. The Morgan fingerprint density at radius 2 is 1.96 bits per heavy atom. The molecule has 1 amide bonds. The summed E-state index contributed by atoms with van der Waals surface area (Å²) in [4.78, 5) is 23.3. The quantitative estimate of drug-likeness (QED) is 0.913. The van der Waals surface area contributed by atoms with Crippen LogP contribution in [0.1, 0.15) is 37.1 Å². The number of hydrogen-bond donors (Lipinski definition) is 1. The van der Waals surface area contributed by atoms with E-state index < -0.39 is 0 Å². The lowest BCUT2D eigenvalue weighted by molar-refractivity contribution is -0.130. The summed E-state index contributed by atoms with van der Waals surface area (Å²) < 4.78 is 5.42.